The zero-order valence-corrected chi connectivity index (χ0v) is 13.2. The fraction of sp³-hybridized carbons (Fsp3) is 1.00. The standard InChI is InChI=1S/C15H33NO3/c1-14(2)12-15(13-16-7-11-18-4)6-10-19-9-5-8-17-3/h14-16H,5-13H2,1-4H3. The number of methoxy groups -OCH3 is 2. The largest absolute Gasteiger partial charge is 0.385 e. The molecule has 0 saturated heterocycles. The minimum absolute atomic E-state index is 0.694. The lowest BCUT2D eigenvalue weighted by molar-refractivity contribution is 0.0914. The van der Waals surface area contributed by atoms with Crippen molar-refractivity contribution in [2.45, 2.75) is 33.1 Å². The Hall–Kier alpha value is -0.160. The van der Waals surface area contributed by atoms with Crippen LogP contribution in [0.4, 0.5) is 0 Å². The molecule has 1 atom stereocenters. The van der Waals surface area contributed by atoms with E-state index in [4.69, 9.17) is 14.2 Å². The summed E-state index contributed by atoms with van der Waals surface area (Å²) in [6, 6.07) is 0. The van der Waals surface area contributed by atoms with Crippen molar-refractivity contribution in [1.82, 2.24) is 5.32 Å². The van der Waals surface area contributed by atoms with Crippen LogP contribution in [0.15, 0.2) is 0 Å². The molecule has 1 N–H and O–H groups in total. The Balaban J connectivity index is 3.61. The summed E-state index contributed by atoms with van der Waals surface area (Å²) in [5.41, 5.74) is 0. The molecule has 0 aromatic heterocycles. The molecular weight excluding hydrogens is 242 g/mol. The summed E-state index contributed by atoms with van der Waals surface area (Å²) in [6.45, 7) is 9.77. The lowest BCUT2D eigenvalue weighted by atomic mass is 9.94. The zero-order chi connectivity index (χ0) is 14.3. The highest BCUT2D eigenvalue weighted by Crippen LogP contribution is 2.14. The highest BCUT2D eigenvalue weighted by molar-refractivity contribution is 4.64. The van der Waals surface area contributed by atoms with Crippen molar-refractivity contribution in [3.8, 4) is 0 Å². The first-order valence-electron chi connectivity index (χ1n) is 7.47. The van der Waals surface area contributed by atoms with Crippen molar-refractivity contribution >= 4 is 0 Å². The predicted octanol–water partition coefficient (Wildman–Crippen LogP) is 2.33. The van der Waals surface area contributed by atoms with E-state index in [0.717, 1.165) is 58.3 Å². The van der Waals surface area contributed by atoms with E-state index < -0.39 is 0 Å². The Kier molecular flexibility index (Phi) is 14.1. The summed E-state index contributed by atoms with van der Waals surface area (Å²) in [6.07, 6.45) is 3.37. The molecule has 0 rings (SSSR count). The van der Waals surface area contributed by atoms with E-state index >= 15 is 0 Å². The van der Waals surface area contributed by atoms with E-state index in [1.165, 1.54) is 6.42 Å². The smallest absolute Gasteiger partial charge is 0.0587 e. The fourth-order valence-corrected chi connectivity index (χ4v) is 2.11. The topological polar surface area (TPSA) is 39.7 Å². The molecule has 0 aromatic carbocycles. The van der Waals surface area contributed by atoms with Gasteiger partial charge in [0, 0.05) is 40.6 Å². The van der Waals surface area contributed by atoms with Crippen molar-refractivity contribution in [3.05, 3.63) is 0 Å². The summed E-state index contributed by atoms with van der Waals surface area (Å²) in [5, 5.41) is 3.45. The number of ether oxygens (including phenoxy) is 3. The van der Waals surface area contributed by atoms with Crippen molar-refractivity contribution in [3.63, 3.8) is 0 Å². The van der Waals surface area contributed by atoms with Crippen LogP contribution in [0.25, 0.3) is 0 Å². The number of rotatable bonds is 14. The molecular formula is C15H33NO3. The van der Waals surface area contributed by atoms with Crippen LogP contribution in [-0.2, 0) is 14.2 Å². The van der Waals surface area contributed by atoms with Gasteiger partial charge in [-0.2, -0.15) is 0 Å². The predicted molar refractivity (Wildman–Crippen MR) is 79.6 cm³/mol. The van der Waals surface area contributed by atoms with Crippen molar-refractivity contribution in [1.29, 1.82) is 0 Å². The number of nitrogens with one attached hydrogen (secondary N) is 1. The molecule has 1 unspecified atom stereocenters. The van der Waals surface area contributed by atoms with Gasteiger partial charge in [0.2, 0.25) is 0 Å². The fourth-order valence-electron chi connectivity index (χ4n) is 2.11. The summed E-state index contributed by atoms with van der Waals surface area (Å²) in [5.74, 6) is 1.43. The van der Waals surface area contributed by atoms with Gasteiger partial charge in [-0.05, 0) is 37.6 Å². The molecule has 116 valence electrons. The van der Waals surface area contributed by atoms with Crippen LogP contribution in [0.1, 0.15) is 33.1 Å². The minimum Gasteiger partial charge on any atom is -0.385 e. The van der Waals surface area contributed by atoms with E-state index in [0.29, 0.717) is 5.92 Å². The second-order valence-corrected chi connectivity index (χ2v) is 5.44. The molecule has 4 nitrogen and oxygen atoms in total. The number of hydrogen-bond acceptors (Lipinski definition) is 4. The van der Waals surface area contributed by atoms with E-state index in [2.05, 4.69) is 19.2 Å². The van der Waals surface area contributed by atoms with Gasteiger partial charge in [-0.15, -0.1) is 0 Å². The molecule has 19 heavy (non-hydrogen) atoms. The van der Waals surface area contributed by atoms with Crippen LogP contribution >= 0.6 is 0 Å². The molecule has 0 aliphatic heterocycles. The molecule has 0 heterocycles. The average Bonchev–Trinajstić information content (AvgIpc) is 2.37. The Morgan fingerprint density at radius 2 is 1.68 bits per heavy atom. The first kappa shape index (κ1) is 18.8. The molecule has 0 aliphatic carbocycles. The molecule has 0 aliphatic rings. The van der Waals surface area contributed by atoms with Gasteiger partial charge >= 0.3 is 0 Å². The number of hydrogen-bond donors (Lipinski definition) is 1. The third kappa shape index (κ3) is 14.1. The van der Waals surface area contributed by atoms with Gasteiger partial charge < -0.3 is 19.5 Å². The third-order valence-corrected chi connectivity index (χ3v) is 3.03. The van der Waals surface area contributed by atoms with E-state index in [-0.39, 0.29) is 0 Å². The van der Waals surface area contributed by atoms with Crippen LogP contribution in [0.2, 0.25) is 0 Å². The second kappa shape index (κ2) is 14.3. The van der Waals surface area contributed by atoms with Gasteiger partial charge in [0.25, 0.3) is 0 Å². The van der Waals surface area contributed by atoms with E-state index in [9.17, 15) is 0 Å². The first-order valence-corrected chi connectivity index (χ1v) is 7.47. The normalized spacial score (nSPS) is 13.1. The van der Waals surface area contributed by atoms with Gasteiger partial charge in [0.05, 0.1) is 6.61 Å². The Morgan fingerprint density at radius 3 is 2.32 bits per heavy atom. The van der Waals surface area contributed by atoms with Crippen LogP contribution in [0, 0.1) is 11.8 Å². The second-order valence-electron chi connectivity index (χ2n) is 5.44. The zero-order valence-electron chi connectivity index (χ0n) is 13.2. The average molecular weight is 275 g/mol. The van der Waals surface area contributed by atoms with Gasteiger partial charge in [-0.1, -0.05) is 13.8 Å². The SMILES string of the molecule is COCCCOCCC(CNCCOC)CC(C)C. The lowest BCUT2D eigenvalue weighted by Gasteiger charge is -2.19. The molecule has 0 radical (unpaired) electrons. The van der Waals surface area contributed by atoms with Crippen molar-refractivity contribution in [2.75, 3.05) is 53.7 Å². The molecule has 0 amide bonds. The highest BCUT2D eigenvalue weighted by atomic mass is 16.5. The maximum Gasteiger partial charge on any atom is 0.0587 e. The van der Waals surface area contributed by atoms with Gasteiger partial charge in [-0.3, -0.25) is 0 Å². The molecule has 4 heteroatoms. The summed E-state index contributed by atoms with van der Waals surface area (Å²) >= 11 is 0. The maximum absolute atomic E-state index is 5.64. The Labute approximate surface area is 119 Å². The lowest BCUT2D eigenvalue weighted by Crippen LogP contribution is -2.27. The molecule has 0 bridgehead atoms. The van der Waals surface area contributed by atoms with E-state index in [1.54, 1.807) is 14.2 Å². The first-order chi connectivity index (χ1) is 9.20. The Bertz CT molecular complexity index is 177. The van der Waals surface area contributed by atoms with Crippen LogP contribution in [-0.4, -0.2) is 53.7 Å². The van der Waals surface area contributed by atoms with Gasteiger partial charge in [0.15, 0.2) is 0 Å². The van der Waals surface area contributed by atoms with Gasteiger partial charge in [-0.25, -0.2) is 0 Å². The van der Waals surface area contributed by atoms with Crippen molar-refractivity contribution in [2.24, 2.45) is 11.8 Å². The van der Waals surface area contributed by atoms with Crippen LogP contribution in [0.5, 0.6) is 0 Å². The minimum atomic E-state index is 0.694. The summed E-state index contributed by atoms with van der Waals surface area (Å²) in [4.78, 5) is 0. The maximum atomic E-state index is 5.64. The van der Waals surface area contributed by atoms with Crippen LogP contribution < -0.4 is 5.32 Å². The quantitative estimate of drug-likeness (QED) is 0.494. The molecule has 0 fully saturated rings. The monoisotopic (exact) mass is 275 g/mol. The third-order valence-electron chi connectivity index (χ3n) is 3.03. The molecule has 0 spiro atoms. The van der Waals surface area contributed by atoms with Crippen molar-refractivity contribution < 1.29 is 14.2 Å². The molecule has 0 aromatic rings. The molecule has 0 saturated carbocycles. The Morgan fingerprint density at radius 1 is 0.947 bits per heavy atom. The van der Waals surface area contributed by atoms with E-state index in [1.807, 2.05) is 0 Å². The highest BCUT2D eigenvalue weighted by Gasteiger charge is 2.10. The summed E-state index contributed by atoms with van der Waals surface area (Å²) < 4.78 is 15.7. The summed E-state index contributed by atoms with van der Waals surface area (Å²) in [7, 11) is 3.46. The van der Waals surface area contributed by atoms with Crippen LogP contribution in [0.3, 0.4) is 0 Å². The van der Waals surface area contributed by atoms with Gasteiger partial charge in [0.1, 0.15) is 0 Å².